The van der Waals surface area contributed by atoms with Gasteiger partial charge in [0, 0.05) is 22.8 Å². The summed E-state index contributed by atoms with van der Waals surface area (Å²) in [5, 5.41) is 10.4. The van der Waals surface area contributed by atoms with Gasteiger partial charge in [-0.3, -0.25) is 10.1 Å². The summed E-state index contributed by atoms with van der Waals surface area (Å²) in [7, 11) is -0.657. The zero-order valence-electron chi connectivity index (χ0n) is 9.29. The Morgan fingerprint density at radius 2 is 1.52 bits per heavy atom. The number of non-ortho nitro benzene ring substituents is 1. The lowest BCUT2D eigenvalue weighted by molar-refractivity contribution is -0.385. The van der Waals surface area contributed by atoms with Gasteiger partial charge < -0.3 is 0 Å². The van der Waals surface area contributed by atoms with Crippen molar-refractivity contribution in [2.24, 2.45) is 0 Å². The van der Waals surface area contributed by atoms with Gasteiger partial charge in [-0.25, -0.2) is 8.42 Å². The predicted molar refractivity (Wildman–Crippen MR) is 56.1 cm³/mol. The summed E-state index contributed by atoms with van der Waals surface area (Å²) in [6.07, 6.45) is -11.4. The first-order valence-corrected chi connectivity index (χ1v) is 6.88. The van der Waals surface area contributed by atoms with Crippen LogP contribution in [0.3, 0.4) is 0 Å². The Labute approximate surface area is 116 Å². The van der Waals surface area contributed by atoms with Crippen LogP contribution in [0.4, 0.5) is 32.0 Å². The number of rotatable bonds is 2. The molecule has 0 aliphatic rings. The maximum Gasteiger partial charge on any atom is 0.418 e. The van der Waals surface area contributed by atoms with Crippen LogP contribution in [0, 0.1) is 10.1 Å². The first-order chi connectivity index (χ1) is 9.15. The molecule has 5 nitrogen and oxygen atoms in total. The van der Waals surface area contributed by atoms with E-state index in [0.717, 1.165) is 0 Å². The van der Waals surface area contributed by atoms with Crippen molar-refractivity contribution < 1.29 is 39.7 Å². The second-order valence-corrected chi connectivity index (χ2v) is 6.09. The molecular weight excluding hydrogens is 356 g/mol. The molecule has 0 saturated carbocycles. The molecule has 0 aliphatic carbocycles. The molecule has 0 spiro atoms. The van der Waals surface area contributed by atoms with Crippen LogP contribution < -0.4 is 0 Å². The highest BCUT2D eigenvalue weighted by Crippen LogP contribution is 2.45. The van der Waals surface area contributed by atoms with Gasteiger partial charge in [-0.15, -0.1) is 0 Å². The van der Waals surface area contributed by atoms with Crippen LogP contribution in [-0.2, 0) is 21.4 Å². The lowest BCUT2D eigenvalue weighted by Crippen LogP contribution is -2.20. The highest BCUT2D eigenvalue weighted by atomic mass is 35.7. The Balaban J connectivity index is 4.02. The SMILES string of the molecule is O=[N+]([O-])c1cc(C(F)(F)F)c(C(F)(F)F)c(S(=O)(=O)Cl)c1. The van der Waals surface area contributed by atoms with E-state index in [2.05, 4.69) is 10.7 Å². The van der Waals surface area contributed by atoms with Crippen LogP contribution in [0.25, 0.3) is 0 Å². The topological polar surface area (TPSA) is 77.3 Å². The van der Waals surface area contributed by atoms with E-state index in [1.807, 2.05) is 0 Å². The molecule has 1 aromatic rings. The molecule has 21 heavy (non-hydrogen) atoms. The van der Waals surface area contributed by atoms with Crippen molar-refractivity contribution in [1.82, 2.24) is 0 Å². The molecule has 118 valence electrons. The van der Waals surface area contributed by atoms with Crippen molar-refractivity contribution in [2.45, 2.75) is 17.2 Å². The lowest BCUT2D eigenvalue weighted by Gasteiger charge is -2.17. The van der Waals surface area contributed by atoms with Crippen molar-refractivity contribution in [2.75, 3.05) is 0 Å². The van der Waals surface area contributed by atoms with E-state index in [0.29, 0.717) is 0 Å². The zero-order chi connectivity index (χ0) is 16.8. The van der Waals surface area contributed by atoms with Gasteiger partial charge in [0.05, 0.1) is 16.1 Å². The van der Waals surface area contributed by atoms with Gasteiger partial charge in [-0.2, -0.15) is 26.3 Å². The van der Waals surface area contributed by atoms with Crippen LogP contribution in [0.15, 0.2) is 17.0 Å². The lowest BCUT2D eigenvalue weighted by atomic mass is 10.1. The third-order valence-electron chi connectivity index (χ3n) is 2.15. The van der Waals surface area contributed by atoms with Crippen molar-refractivity contribution in [1.29, 1.82) is 0 Å². The number of halogens is 7. The minimum atomic E-state index is -5.74. The molecule has 0 radical (unpaired) electrons. The van der Waals surface area contributed by atoms with Crippen LogP contribution in [-0.4, -0.2) is 13.3 Å². The van der Waals surface area contributed by atoms with Gasteiger partial charge in [0.2, 0.25) is 0 Å². The Morgan fingerprint density at radius 3 is 1.81 bits per heavy atom. The van der Waals surface area contributed by atoms with Crippen molar-refractivity contribution in [3.05, 3.63) is 33.4 Å². The van der Waals surface area contributed by atoms with Gasteiger partial charge in [-0.1, -0.05) is 0 Å². The quantitative estimate of drug-likeness (QED) is 0.351. The Hall–Kier alpha value is -1.56. The summed E-state index contributed by atoms with van der Waals surface area (Å²) in [6.45, 7) is 0. The van der Waals surface area contributed by atoms with Crippen LogP contribution in [0.5, 0.6) is 0 Å². The number of nitro benzene ring substituents is 1. The Morgan fingerprint density at radius 1 is 1.05 bits per heavy atom. The number of benzene rings is 1. The zero-order valence-corrected chi connectivity index (χ0v) is 10.9. The first-order valence-electron chi connectivity index (χ1n) is 4.57. The van der Waals surface area contributed by atoms with E-state index in [9.17, 15) is 44.9 Å². The van der Waals surface area contributed by atoms with E-state index < -0.39 is 54.1 Å². The first kappa shape index (κ1) is 17.5. The number of alkyl halides is 6. The Kier molecular flexibility index (Phi) is 4.18. The van der Waals surface area contributed by atoms with Crippen molar-refractivity contribution >= 4 is 25.4 Å². The minimum Gasteiger partial charge on any atom is -0.258 e. The second-order valence-electron chi connectivity index (χ2n) is 3.56. The summed E-state index contributed by atoms with van der Waals surface area (Å²) in [5.74, 6) is 0. The summed E-state index contributed by atoms with van der Waals surface area (Å²) in [6, 6.07) is -0.589. The number of hydrogen-bond acceptors (Lipinski definition) is 4. The fourth-order valence-corrected chi connectivity index (χ4v) is 2.51. The molecular formula is C8H2ClF6NO4S. The molecule has 0 saturated heterocycles. The molecule has 13 heteroatoms. The molecule has 0 N–H and O–H groups in total. The highest BCUT2D eigenvalue weighted by molar-refractivity contribution is 8.13. The third-order valence-corrected chi connectivity index (χ3v) is 3.50. The average molecular weight is 358 g/mol. The Bertz CT molecular complexity index is 696. The fourth-order valence-electron chi connectivity index (χ4n) is 1.41. The van der Waals surface area contributed by atoms with Gasteiger partial charge in [0.1, 0.15) is 4.90 Å². The van der Waals surface area contributed by atoms with Crippen molar-refractivity contribution in [3.63, 3.8) is 0 Å². The maximum absolute atomic E-state index is 12.7. The molecule has 0 bridgehead atoms. The summed E-state index contributed by atoms with van der Waals surface area (Å²) >= 11 is 0. The number of nitro groups is 1. The second kappa shape index (κ2) is 5.02. The molecule has 0 aliphatic heterocycles. The van der Waals surface area contributed by atoms with Gasteiger partial charge in [0.15, 0.2) is 0 Å². The summed E-state index contributed by atoms with van der Waals surface area (Å²) < 4.78 is 98.1. The molecule has 0 aromatic heterocycles. The smallest absolute Gasteiger partial charge is 0.258 e. The maximum atomic E-state index is 12.7. The normalized spacial score (nSPS) is 13.3. The van der Waals surface area contributed by atoms with Crippen LogP contribution in [0.2, 0.25) is 0 Å². The van der Waals surface area contributed by atoms with E-state index in [1.54, 1.807) is 0 Å². The molecule has 0 unspecified atom stereocenters. The largest absolute Gasteiger partial charge is 0.418 e. The highest BCUT2D eigenvalue weighted by Gasteiger charge is 2.48. The molecule has 0 atom stereocenters. The molecule has 0 fully saturated rings. The van der Waals surface area contributed by atoms with E-state index >= 15 is 0 Å². The predicted octanol–water partition coefficient (Wildman–Crippen LogP) is 3.56. The molecule has 0 heterocycles. The van der Waals surface area contributed by atoms with Gasteiger partial charge in [-0.05, 0) is 0 Å². The van der Waals surface area contributed by atoms with Gasteiger partial charge in [0.25, 0.3) is 14.7 Å². The van der Waals surface area contributed by atoms with Crippen LogP contribution >= 0.6 is 10.7 Å². The monoisotopic (exact) mass is 357 g/mol. The number of nitrogens with zero attached hydrogens (tertiary/aromatic N) is 1. The van der Waals surface area contributed by atoms with E-state index in [4.69, 9.17) is 0 Å². The molecule has 1 rings (SSSR count). The van der Waals surface area contributed by atoms with Gasteiger partial charge >= 0.3 is 12.4 Å². The van der Waals surface area contributed by atoms with E-state index in [1.165, 1.54) is 0 Å². The fraction of sp³-hybridized carbons (Fsp3) is 0.250. The van der Waals surface area contributed by atoms with Crippen LogP contribution in [0.1, 0.15) is 11.1 Å². The summed E-state index contributed by atoms with van der Waals surface area (Å²) in [5.41, 5.74) is -6.60. The molecule has 1 aromatic carbocycles. The standard InChI is InChI=1S/C8H2ClF6NO4S/c9-21(19,20)5-2-3(16(17)18)1-4(7(10,11)12)6(5)8(13,14)15/h1-2H. The molecule has 0 amide bonds. The summed E-state index contributed by atoms with van der Waals surface area (Å²) in [4.78, 5) is 6.94. The number of hydrogen-bond donors (Lipinski definition) is 0. The van der Waals surface area contributed by atoms with E-state index in [-0.39, 0.29) is 6.07 Å². The average Bonchev–Trinajstić information content (AvgIpc) is 2.23. The third kappa shape index (κ3) is 3.75. The minimum absolute atomic E-state index is 0.180. The van der Waals surface area contributed by atoms with Crippen molar-refractivity contribution in [3.8, 4) is 0 Å².